The normalized spacial score (nSPS) is 10.4. The molecule has 74 valence electrons. The van der Waals surface area contributed by atoms with Crippen molar-refractivity contribution in [2.24, 2.45) is 4.99 Å². The maximum Gasteiger partial charge on any atom is 0.152 e. The minimum Gasteiger partial charge on any atom is -0.346 e. The van der Waals surface area contributed by atoms with Gasteiger partial charge in [-0.05, 0) is 18.6 Å². The molecule has 0 saturated carbocycles. The maximum absolute atomic E-state index is 10.6. The fraction of sp³-hybridized carbons (Fsp3) is 0.273. The van der Waals surface area contributed by atoms with Crippen LogP contribution in [0, 0.1) is 0 Å². The van der Waals surface area contributed by atoms with E-state index in [0.29, 0.717) is 5.56 Å². The van der Waals surface area contributed by atoms with Crippen LogP contribution in [0.5, 0.6) is 0 Å². The van der Waals surface area contributed by atoms with Crippen LogP contribution in [-0.4, -0.2) is 19.2 Å². The van der Waals surface area contributed by atoms with Crippen LogP contribution in [0.3, 0.4) is 0 Å². The number of anilines is 1. The van der Waals surface area contributed by atoms with Crippen molar-refractivity contribution in [3.05, 3.63) is 29.8 Å². The number of nitrogens with zero attached hydrogens (tertiary/aromatic N) is 1. The molecule has 1 rings (SSSR count). The van der Waals surface area contributed by atoms with E-state index in [1.54, 1.807) is 12.4 Å². The lowest BCUT2D eigenvalue weighted by atomic mass is 10.2. The summed E-state index contributed by atoms with van der Waals surface area (Å²) in [4.78, 5) is 14.7. The van der Waals surface area contributed by atoms with E-state index in [4.69, 9.17) is 0 Å². The van der Waals surface area contributed by atoms with E-state index < -0.39 is 0 Å². The third-order valence-corrected chi connectivity index (χ3v) is 1.75. The van der Waals surface area contributed by atoms with Gasteiger partial charge in [0, 0.05) is 17.8 Å². The fourth-order valence-electron chi connectivity index (χ4n) is 1.04. The summed E-state index contributed by atoms with van der Waals surface area (Å²) in [5.41, 5.74) is 1.44. The van der Waals surface area contributed by atoms with Crippen molar-refractivity contribution in [2.75, 3.05) is 11.9 Å². The minimum absolute atomic E-state index is 0.649. The molecule has 0 bridgehead atoms. The van der Waals surface area contributed by atoms with Gasteiger partial charge in [-0.2, -0.15) is 0 Å². The van der Waals surface area contributed by atoms with Crippen molar-refractivity contribution in [3.8, 4) is 0 Å². The highest BCUT2D eigenvalue weighted by atomic mass is 16.1. The smallest absolute Gasteiger partial charge is 0.152 e. The largest absolute Gasteiger partial charge is 0.346 e. The summed E-state index contributed by atoms with van der Waals surface area (Å²) in [5, 5.41) is 2.98. The van der Waals surface area contributed by atoms with Crippen LogP contribution in [0.4, 0.5) is 5.69 Å². The minimum atomic E-state index is 0.649. The summed E-state index contributed by atoms with van der Waals surface area (Å²) in [7, 11) is 0. The van der Waals surface area contributed by atoms with Crippen LogP contribution in [-0.2, 0) is 0 Å². The zero-order chi connectivity index (χ0) is 10.2. The van der Waals surface area contributed by atoms with Crippen molar-refractivity contribution in [3.63, 3.8) is 0 Å². The Morgan fingerprint density at radius 1 is 1.43 bits per heavy atom. The third-order valence-electron chi connectivity index (χ3n) is 1.75. The number of benzene rings is 1. The lowest BCUT2D eigenvalue weighted by Gasteiger charge is -2.02. The Morgan fingerprint density at radius 2 is 2.21 bits per heavy atom. The molecule has 14 heavy (non-hydrogen) atoms. The van der Waals surface area contributed by atoms with Gasteiger partial charge in [-0.15, -0.1) is 0 Å². The van der Waals surface area contributed by atoms with Crippen molar-refractivity contribution >= 4 is 18.3 Å². The summed E-state index contributed by atoms with van der Waals surface area (Å²) < 4.78 is 0. The van der Waals surface area contributed by atoms with Crippen molar-refractivity contribution in [1.82, 2.24) is 0 Å². The molecule has 0 heterocycles. The van der Waals surface area contributed by atoms with E-state index in [9.17, 15) is 4.79 Å². The molecule has 3 heteroatoms. The molecule has 0 saturated heterocycles. The molecule has 0 radical (unpaired) electrons. The quantitative estimate of drug-likeness (QED) is 0.440. The van der Waals surface area contributed by atoms with Gasteiger partial charge in [-0.3, -0.25) is 9.79 Å². The third kappa shape index (κ3) is 3.01. The number of hydrogen-bond acceptors (Lipinski definition) is 2. The Morgan fingerprint density at radius 3 is 2.93 bits per heavy atom. The van der Waals surface area contributed by atoms with Crippen LogP contribution < -0.4 is 5.32 Å². The van der Waals surface area contributed by atoms with Crippen LogP contribution in [0.2, 0.25) is 0 Å². The first-order valence-electron chi connectivity index (χ1n) is 4.67. The number of para-hydroxylation sites is 1. The molecule has 0 unspecified atom stereocenters. The molecule has 1 aromatic rings. The van der Waals surface area contributed by atoms with E-state index in [-0.39, 0.29) is 0 Å². The van der Waals surface area contributed by atoms with Crippen LogP contribution in [0.25, 0.3) is 0 Å². The fourth-order valence-corrected chi connectivity index (χ4v) is 1.04. The predicted octanol–water partition coefficient (Wildman–Crippen LogP) is 2.35. The molecule has 1 aromatic carbocycles. The Bertz CT molecular complexity index is 321. The van der Waals surface area contributed by atoms with E-state index >= 15 is 0 Å². The molecule has 0 aliphatic heterocycles. The van der Waals surface area contributed by atoms with Gasteiger partial charge in [0.2, 0.25) is 0 Å². The zero-order valence-corrected chi connectivity index (χ0v) is 8.23. The average Bonchev–Trinajstić information content (AvgIpc) is 2.25. The zero-order valence-electron chi connectivity index (χ0n) is 8.23. The Hall–Kier alpha value is -1.64. The van der Waals surface area contributed by atoms with Gasteiger partial charge >= 0.3 is 0 Å². The molecule has 0 aliphatic carbocycles. The van der Waals surface area contributed by atoms with E-state index in [1.807, 2.05) is 18.2 Å². The van der Waals surface area contributed by atoms with Gasteiger partial charge in [-0.25, -0.2) is 0 Å². The first-order valence-corrected chi connectivity index (χ1v) is 4.67. The van der Waals surface area contributed by atoms with Gasteiger partial charge in [0.25, 0.3) is 0 Å². The number of nitrogens with one attached hydrogen (secondary N) is 1. The molecular weight excluding hydrogens is 176 g/mol. The SMILES string of the molecule is CCCN=CNc1ccccc1C=O. The molecular formula is C11H14N2O. The molecule has 0 fully saturated rings. The van der Waals surface area contributed by atoms with Crippen molar-refractivity contribution < 1.29 is 4.79 Å². The monoisotopic (exact) mass is 190 g/mol. The van der Waals surface area contributed by atoms with Gasteiger partial charge in [0.15, 0.2) is 6.29 Å². The van der Waals surface area contributed by atoms with E-state index in [0.717, 1.165) is 24.9 Å². The highest BCUT2D eigenvalue weighted by Gasteiger charge is 1.96. The Labute approximate surface area is 83.9 Å². The first-order chi connectivity index (χ1) is 6.88. The second-order valence-corrected chi connectivity index (χ2v) is 2.88. The molecule has 0 atom stereocenters. The van der Waals surface area contributed by atoms with Crippen LogP contribution >= 0.6 is 0 Å². The summed E-state index contributed by atoms with van der Waals surface area (Å²) in [5.74, 6) is 0. The summed E-state index contributed by atoms with van der Waals surface area (Å²) in [6.45, 7) is 2.87. The maximum atomic E-state index is 10.6. The standard InChI is InChI=1S/C11H14N2O/c1-2-7-12-9-13-11-6-4-3-5-10(11)8-14/h3-6,8-9H,2,7H2,1H3,(H,12,13). The van der Waals surface area contributed by atoms with Gasteiger partial charge in [-0.1, -0.05) is 19.1 Å². The number of carbonyl (C=O) groups is 1. The van der Waals surface area contributed by atoms with Crippen molar-refractivity contribution in [1.29, 1.82) is 0 Å². The van der Waals surface area contributed by atoms with Gasteiger partial charge in [0.05, 0.1) is 6.34 Å². The lowest BCUT2D eigenvalue weighted by molar-refractivity contribution is 0.112. The molecule has 0 spiro atoms. The van der Waals surface area contributed by atoms with E-state index in [2.05, 4.69) is 17.2 Å². The number of aliphatic imine (C=N–C) groups is 1. The Kier molecular flexibility index (Phi) is 4.41. The number of rotatable bonds is 5. The molecule has 0 amide bonds. The first kappa shape index (κ1) is 10.4. The van der Waals surface area contributed by atoms with Crippen molar-refractivity contribution in [2.45, 2.75) is 13.3 Å². The number of carbonyl (C=O) groups excluding carboxylic acids is 1. The van der Waals surface area contributed by atoms with E-state index in [1.165, 1.54) is 0 Å². The second kappa shape index (κ2) is 5.91. The van der Waals surface area contributed by atoms with Gasteiger partial charge < -0.3 is 5.32 Å². The second-order valence-electron chi connectivity index (χ2n) is 2.88. The molecule has 0 aromatic heterocycles. The summed E-state index contributed by atoms with van der Waals surface area (Å²) in [6, 6.07) is 7.33. The predicted molar refractivity (Wildman–Crippen MR) is 59.1 cm³/mol. The molecule has 0 aliphatic rings. The number of hydrogen-bond donors (Lipinski definition) is 1. The highest BCUT2D eigenvalue weighted by molar-refractivity contribution is 5.89. The summed E-state index contributed by atoms with van der Waals surface area (Å²) in [6.07, 6.45) is 3.48. The van der Waals surface area contributed by atoms with Crippen LogP contribution in [0.15, 0.2) is 29.3 Å². The highest BCUT2D eigenvalue weighted by Crippen LogP contribution is 2.10. The molecule has 3 nitrogen and oxygen atoms in total. The summed E-state index contributed by atoms with van der Waals surface area (Å²) >= 11 is 0. The topological polar surface area (TPSA) is 41.5 Å². The Balaban J connectivity index is 2.61. The van der Waals surface area contributed by atoms with Gasteiger partial charge in [0.1, 0.15) is 0 Å². The number of aldehydes is 1. The lowest BCUT2D eigenvalue weighted by Crippen LogP contribution is -1.98. The average molecular weight is 190 g/mol. The van der Waals surface area contributed by atoms with Crippen LogP contribution in [0.1, 0.15) is 23.7 Å². The molecule has 1 N–H and O–H groups in total.